The maximum absolute atomic E-state index is 13.9. The summed E-state index contributed by atoms with van der Waals surface area (Å²) >= 11 is 0. The molecule has 10 heteroatoms. The minimum atomic E-state index is -0.437. The Hall–Kier alpha value is -4.67. The highest BCUT2D eigenvalue weighted by atomic mass is 19.1. The van der Waals surface area contributed by atoms with Crippen LogP contribution >= 0.6 is 0 Å². The van der Waals surface area contributed by atoms with E-state index in [0.717, 1.165) is 31.9 Å². The monoisotopic (exact) mass is 555 g/mol. The molecule has 210 valence electrons. The number of amides is 2. The van der Waals surface area contributed by atoms with Crippen LogP contribution in [0, 0.1) is 5.82 Å². The minimum Gasteiger partial charge on any atom is -0.458 e. The molecule has 0 saturated carbocycles. The lowest BCUT2D eigenvalue weighted by Crippen LogP contribution is -2.48. The summed E-state index contributed by atoms with van der Waals surface area (Å²) in [6, 6.07) is 17.0. The molecule has 1 fully saturated rings. The van der Waals surface area contributed by atoms with Crippen molar-refractivity contribution >= 4 is 40.1 Å². The van der Waals surface area contributed by atoms with Gasteiger partial charge in [0.1, 0.15) is 18.3 Å². The fourth-order valence-electron chi connectivity index (χ4n) is 5.09. The summed E-state index contributed by atoms with van der Waals surface area (Å²) in [6.07, 6.45) is 2.89. The number of ether oxygens (including phenoxy) is 2. The lowest BCUT2D eigenvalue weighted by molar-refractivity contribution is -0.119. The Kier molecular flexibility index (Phi) is 7.17. The molecule has 0 spiro atoms. The van der Waals surface area contributed by atoms with Crippen LogP contribution in [0.2, 0.25) is 0 Å². The van der Waals surface area contributed by atoms with Crippen molar-refractivity contribution in [2.45, 2.75) is 0 Å². The molecule has 41 heavy (non-hydrogen) atoms. The first-order chi connectivity index (χ1) is 19.9. The van der Waals surface area contributed by atoms with Crippen LogP contribution in [0.3, 0.4) is 0 Å². The van der Waals surface area contributed by atoms with Gasteiger partial charge in [-0.15, -0.1) is 0 Å². The summed E-state index contributed by atoms with van der Waals surface area (Å²) in [6.45, 7) is 4.01. The Labute approximate surface area is 237 Å². The zero-order valence-corrected chi connectivity index (χ0v) is 22.8. The number of anilines is 3. The number of nitrogens with zero attached hydrogens (tertiary/aromatic N) is 3. The molecule has 3 aliphatic heterocycles. The molecule has 3 aromatic carbocycles. The second-order valence-electron chi connectivity index (χ2n) is 10.3. The Morgan fingerprint density at radius 2 is 1.71 bits per heavy atom. The minimum absolute atomic E-state index is 0.0230. The maximum Gasteiger partial charge on any atom is 0.258 e. The van der Waals surface area contributed by atoms with Gasteiger partial charge >= 0.3 is 0 Å². The molecular weight excluding hydrogens is 525 g/mol. The van der Waals surface area contributed by atoms with Gasteiger partial charge in [-0.05, 0) is 67.7 Å². The summed E-state index contributed by atoms with van der Waals surface area (Å²) in [5.74, 6) is 0.280. The smallest absolute Gasteiger partial charge is 0.258 e. The van der Waals surface area contributed by atoms with Crippen LogP contribution in [0.5, 0.6) is 11.5 Å². The third kappa shape index (κ3) is 5.52. The number of hydrogen-bond acceptors (Lipinski definition) is 7. The van der Waals surface area contributed by atoms with Crippen LogP contribution < -0.4 is 25.0 Å². The number of hydrogen-bond donors (Lipinski definition) is 2. The Balaban J connectivity index is 1.29. The van der Waals surface area contributed by atoms with Crippen LogP contribution in [0.1, 0.15) is 11.1 Å². The van der Waals surface area contributed by atoms with E-state index in [1.54, 1.807) is 30.1 Å². The number of carbonyl (C=O) groups is 2. The predicted octanol–water partition coefficient (Wildman–Crippen LogP) is 4.21. The summed E-state index contributed by atoms with van der Waals surface area (Å²) in [5.41, 5.74) is 4.01. The third-order valence-corrected chi connectivity index (χ3v) is 7.51. The molecule has 0 aromatic heterocycles. The first kappa shape index (κ1) is 26.5. The van der Waals surface area contributed by atoms with Gasteiger partial charge in [-0.1, -0.05) is 0 Å². The van der Waals surface area contributed by atoms with Gasteiger partial charge in [-0.2, -0.15) is 0 Å². The number of likely N-dealkylation sites (N-methyl/N-ethyl adjacent to an activating group) is 2. The fourth-order valence-corrected chi connectivity index (χ4v) is 5.09. The zero-order valence-electron chi connectivity index (χ0n) is 22.8. The number of halogens is 1. The molecule has 6 rings (SSSR count). The number of fused-ring (bicyclic) bond motifs is 2. The second kappa shape index (κ2) is 11.1. The number of carbonyl (C=O) groups excluding carboxylic acids is 2. The average Bonchev–Trinajstić information content (AvgIpc) is 3.31. The summed E-state index contributed by atoms with van der Waals surface area (Å²) in [4.78, 5) is 32.2. The molecule has 0 bridgehead atoms. The van der Waals surface area contributed by atoms with E-state index in [4.69, 9.17) is 9.47 Å². The molecule has 0 atom stereocenters. The zero-order chi connectivity index (χ0) is 28.5. The van der Waals surface area contributed by atoms with Gasteiger partial charge in [-0.3, -0.25) is 14.5 Å². The van der Waals surface area contributed by atoms with E-state index < -0.39 is 5.82 Å². The highest BCUT2D eigenvalue weighted by molar-refractivity contribution is 6.37. The topological polar surface area (TPSA) is 86.4 Å². The van der Waals surface area contributed by atoms with Gasteiger partial charge in [0, 0.05) is 55.7 Å². The second-order valence-corrected chi connectivity index (χ2v) is 10.3. The number of benzene rings is 3. The third-order valence-electron chi connectivity index (χ3n) is 7.51. The van der Waals surface area contributed by atoms with Crippen LogP contribution in [0.25, 0.3) is 11.3 Å². The van der Waals surface area contributed by atoms with Crippen molar-refractivity contribution in [3.8, 4) is 11.5 Å². The normalized spacial score (nSPS) is 17.6. The van der Waals surface area contributed by atoms with E-state index in [9.17, 15) is 14.0 Å². The standard InChI is InChI=1S/C31H30FN5O4/c1-35-11-13-37(14-12-35)19-28(38)36(2)23-7-5-22(6-8-23)33-30(20-3-10-26-27(17-20)41-16-15-40-26)29-24-9-4-21(32)18-25(24)34-31(29)39/h3-10,15-18,33H,11-14,19H2,1-2H3,(H,34,39). The Morgan fingerprint density at radius 3 is 2.46 bits per heavy atom. The summed E-state index contributed by atoms with van der Waals surface area (Å²) < 4.78 is 25.0. The molecule has 3 aliphatic rings. The van der Waals surface area contributed by atoms with E-state index in [0.29, 0.717) is 51.8 Å². The van der Waals surface area contributed by atoms with Crippen molar-refractivity contribution < 1.29 is 23.5 Å². The molecule has 9 nitrogen and oxygen atoms in total. The Bertz CT molecular complexity index is 1560. The number of nitrogens with one attached hydrogen (secondary N) is 2. The van der Waals surface area contributed by atoms with E-state index in [2.05, 4.69) is 27.5 Å². The van der Waals surface area contributed by atoms with Crippen LogP contribution in [-0.2, 0) is 9.59 Å². The highest BCUT2D eigenvalue weighted by Crippen LogP contribution is 2.40. The average molecular weight is 556 g/mol. The molecule has 2 amide bonds. The van der Waals surface area contributed by atoms with Gasteiger partial charge in [-0.25, -0.2) is 4.39 Å². The molecule has 0 radical (unpaired) electrons. The van der Waals surface area contributed by atoms with E-state index in [1.165, 1.54) is 24.7 Å². The maximum atomic E-state index is 13.9. The van der Waals surface area contributed by atoms with Crippen molar-refractivity contribution in [2.24, 2.45) is 0 Å². The molecule has 0 unspecified atom stereocenters. The van der Waals surface area contributed by atoms with E-state index in [1.807, 2.05) is 30.3 Å². The predicted molar refractivity (Wildman–Crippen MR) is 156 cm³/mol. The van der Waals surface area contributed by atoms with Gasteiger partial charge < -0.3 is 29.9 Å². The number of piperazine rings is 1. The summed E-state index contributed by atoms with van der Waals surface area (Å²) in [5, 5.41) is 6.15. The molecule has 3 aromatic rings. The van der Waals surface area contributed by atoms with Crippen LogP contribution in [-0.4, -0.2) is 68.4 Å². The first-order valence-electron chi connectivity index (χ1n) is 13.4. The molecule has 2 N–H and O–H groups in total. The highest BCUT2D eigenvalue weighted by Gasteiger charge is 2.29. The Morgan fingerprint density at radius 1 is 0.976 bits per heavy atom. The summed E-state index contributed by atoms with van der Waals surface area (Å²) in [7, 11) is 3.86. The molecule has 0 aliphatic carbocycles. The lowest BCUT2D eigenvalue weighted by atomic mass is 9.99. The van der Waals surface area contributed by atoms with Gasteiger partial charge in [0.05, 0.1) is 23.5 Å². The van der Waals surface area contributed by atoms with Crippen LogP contribution in [0.4, 0.5) is 21.5 Å². The largest absolute Gasteiger partial charge is 0.458 e. The van der Waals surface area contributed by atoms with E-state index in [-0.39, 0.29) is 11.8 Å². The molecule has 1 saturated heterocycles. The molecular formula is C31H30FN5O4. The van der Waals surface area contributed by atoms with Crippen molar-refractivity contribution in [1.29, 1.82) is 0 Å². The van der Waals surface area contributed by atoms with Crippen molar-refractivity contribution in [1.82, 2.24) is 9.80 Å². The SMILES string of the molecule is CN1CCN(CC(=O)N(C)c2ccc(NC(=C3C(=O)Nc4cc(F)ccc43)c3ccc4c(c3)OC=CO4)cc2)CC1. The van der Waals surface area contributed by atoms with Crippen molar-refractivity contribution in [2.75, 3.05) is 62.4 Å². The van der Waals surface area contributed by atoms with Crippen molar-refractivity contribution in [3.63, 3.8) is 0 Å². The molecule has 3 heterocycles. The van der Waals surface area contributed by atoms with E-state index >= 15 is 0 Å². The van der Waals surface area contributed by atoms with Crippen LogP contribution in [0.15, 0.2) is 73.2 Å². The fraction of sp³-hybridized carbons (Fsp3) is 0.226. The first-order valence-corrected chi connectivity index (χ1v) is 13.4. The van der Waals surface area contributed by atoms with Gasteiger partial charge in [0.15, 0.2) is 11.5 Å². The van der Waals surface area contributed by atoms with Crippen molar-refractivity contribution in [3.05, 3.63) is 90.1 Å². The van der Waals surface area contributed by atoms with Gasteiger partial charge in [0.2, 0.25) is 5.91 Å². The lowest BCUT2D eigenvalue weighted by Gasteiger charge is -2.32. The van der Waals surface area contributed by atoms with Gasteiger partial charge in [0.25, 0.3) is 5.91 Å². The number of rotatable bonds is 6. The quantitative estimate of drug-likeness (QED) is 0.441.